The molecule has 0 spiro atoms. The molecule has 1 fully saturated rings. The van der Waals surface area contributed by atoms with Crippen LogP contribution in [-0.4, -0.2) is 40.5 Å². The zero-order valence-corrected chi connectivity index (χ0v) is 12.6. The van der Waals surface area contributed by atoms with Crippen molar-refractivity contribution in [1.29, 1.82) is 10.5 Å². The molecule has 1 saturated heterocycles. The Balaban J connectivity index is 1.74. The molecular formula is C17H16N6. The molecule has 3 rings (SSSR count). The lowest BCUT2D eigenvalue weighted by Gasteiger charge is -2.38. The molecule has 0 radical (unpaired) electrons. The van der Waals surface area contributed by atoms with Crippen LogP contribution in [0.25, 0.3) is 0 Å². The van der Waals surface area contributed by atoms with Crippen molar-refractivity contribution in [2.45, 2.75) is 12.6 Å². The summed E-state index contributed by atoms with van der Waals surface area (Å²) in [5.41, 5.74) is 1.50. The maximum absolute atomic E-state index is 9.51. The van der Waals surface area contributed by atoms with Gasteiger partial charge in [-0.2, -0.15) is 10.5 Å². The van der Waals surface area contributed by atoms with E-state index >= 15 is 0 Å². The Labute approximate surface area is 135 Å². The molecule has 114 valence electrons. The summed E-state index contributed by atoms with van der Waals surface area (Å²) in [5.74, 6) is 0.564. The third-order valence-electron chi connectivity index (χ3n) is 3.95. The van der Waals surface area contributed by atoms with Gasteiger partial charge in [0.25, 0.3) is 0 Å². The molecule has 0 N–H and O–H groups in total. The molecule has 0 unspecified atom stereocenters. The Morgan fingerprint density at radius 2 is 1.87 bits per heavy atom. The number of benzene rings is 1. The SMILES string of the molecule is N#Cc1nccnc1N1CCN(Cc2ccccc2)[C@H](C#N)C1. The van der Waals surface area contributed by atoms with Crippen molar-refractivity contribution >= 4 is 5.82 Å². The van der Waals surface area contributed by atoms with Gasteiger partial charge in [0.2, 0.25) is 0 Å². The second-order valence-corrected chi connectivity index (χ2v) is 5.39. The highest BCUT2D eigenvalue weighted by atomic mass is 15.3. The van der Waals surface area contributed by atoms with Gasteiger partial charge in [0.05, 0.1) is 6.07 Å². The minimum absolute atomic E-state index is 0.238. The van der Waals surface area contributed by atoms with E-state index in [1.165, 1.54) is 11.8 Å². The highest BCUT2D eigenvalue weighted by Gasteiger charge is 2.28. The third kappa shape index (κ3) is 3.28. The maximum Gasteiger partial charge on any atom is 0.183 e. The summed E-state index contributed by atoms with van der Waals surface area (Å²) in [6.45, 7) is 2.74. The molecule has 1 atom stereocenters. The van der Waals surface area contributed by atoms with Gasteiger partial charge in [-0.1, -0.05) is 30.3 Å². The summed E-state index contributed by atoms with van der Waals surface area (Å²) in [6.07, 6.45) is 3.09. The van der Waals surface area contributed by atoms with Crippen molar-refractivity contribution < 1.29 is 0 Å². The second-order valence-electron chi connectivity index (χ2n) is 5.39. The van der Waals surface area contributed by atoms with Crippen LogP contribution in [0.3, 0.4) is 0 Å². The highest BCUT2D eigenvalue weighted by Crippen LogP contribution is 2.20. The van der Waals surface area contributed by atoms with Crippen molar-refractivity contribution in [3.8, 4) is 12.1 Å². The molecule has 0 aliphatic carbocycles. The van der Waals surface area contributed by atoms with Crippen LogP contribution in [0.2, 0.25) is 0 Å². The summed E-state index contributed by atoms with van der Waals surface area (Å²) in [6, 6.07) is 14.3. The quantitative estimate of drug-likeness (QED) is 0.856. The topological polar surface area (TPSA) is 79.8 Å². The minimum atomic E-state index is -0.238. The van der Waals surface area contributed by atoms with Gasteiger partial charge in [0, 0.05) is 38.6 Å². The largest absolute Gasteiger partial charge is 0.350 e. The summed E-state index contributed by atoms with van der Waals surface area (Å²) < 4.78 is 0. The molecule has 6 heteroatoms. The lowest BCUT2D eigenvalue weighted by molar-refractivity contribution is 0.204. The Kier molecular flexibility index (Phi) is 4.46. The van der Waals surface area contributed by atoms with Crippen molar-refractivity contribution in [2.75, 3.05) is 24.5 Å². The van der Waals surface area contributed by atoms with E-state index in [1.807, 2.05) is 23.1 Å². The van der Waals surface area contributed by atoms with Gasteiger partial charge in [-0.15, -0.1) is 0 Å². The van der Waals surface area contributed by atoms with E-state index in [0.717, 1.165) is 19.6 Å². The number of piperazine rings is 1. The number of aromatic nitrogens is 2. The second kappa shape index (κ2) is 6.87. The van der Waals surface area contributed by atoms with E-state index in [2.05, 4.69) is 39.1 Å². The predicted molar refractivity (Wildman–Crippen MR) is 85.2 cm³/mol. The van der Waals surface area contributed by atoms with Crippen molar-refractivity contribution in [3.63, 3.8) is 0 Å². The first-order valence-corrected chi connectivity index (χ1v) is 7.45. The molecule has 0 saturated carbocycles. The number of rotatable bonds is 3. The number of nitrogens with zero attached hydrogens (tertiary/aromatic N) is 6. The molecule has 0 bridgehead atoms. The number of nitriles is 2. The first-order valence-electron chi connectivity index (χ1n) is 7.45. The van der Waals surface area contributed by atoms with Crippen molar-refractivity contribution in [2.24, 2.45) is 0 Å². The maximum atomic E-state index is 9.51. The van der Waals surface area contributed by atoms with E-state index in [9.17, 15) is 5.26 Å². The molecule has 1 aliphatic heterocycles. The zero-order chi connectivity index (χ0) is 16.1. The average Bonchev–Trinajstić information content (AvgIpc) is 2.63. The Bertz CT molecular complexity index is 746. The average molecular weight is 304 g/mol. The molecule has 1 aliphatic rings. The summed E-state index contributed by atoms with van der Waals surface area (Å²) >= 11 is 0. The first kappa shape index (κ1) is 15.0. The summed E-state index contributed by atoms with van der Waals surface area (Å²) in [4.78, 5) is 12.4. The molecule has 23 heavy (non-hydrogen) atoms. The van der Waals surface area contributed by atoms with Crippen LogP contribution in [0.15, 0.2) is 42.7 Å². The van der Waals surface area contributed by atoms with E-state index in [-0.39, 0.29) is 6.04 Å². The fraction of sp³-hybridized carbons (Fsp3) is 0.294. The van der Waals surface area contributed by atoms with Crippen molar-refractivity contribution in [1.82, 2.24) is 14.9 Å². The standard InChI is InChI=1S/C17H16N6/c18-10-15-13-23(17-16(11-19)20-6-7-21-17)9-8-22(15)12-14-4-2-1-3-5-14/h1-7,15H,8-9,12-13H2/t15-/m1/s1. The monoisotopic (exact) mass is 304 g/mol. The van der Waals surface area contributed by atoms with Crippen LogP contribution in [0, 0.1) is 22.7 Å². The van der Waals surface area contributed by atoms with E-state index < -0.39 is 0 Å². The Morgan fingerprint density at radius 1 is 1.09 bits per heavy atom. The van der Waals surface area contributed by atoms with E-state index in [4.69, 9.17) is 5.26 Å². The zero-order valence-electron chi connectivity index (χ0n) is 12.6. The van der Waals surface area contributed by atoms with Crippen LogP contribution >= 0.6 is 0 Å². The van der Waals surface area contributed by atoms with E-state index in [1.54, 1.807) is 6.20 Å². The van der Waals surface area contributed by atoms with Crippen LogP contribution in [-0.2, 0) is 6.54 Å². The summed E-state index contributed by atoms with van der Waals surface area (Å²) in [7, 11) is 0. The molecule has 2 heterocycles. The van der Waals surface area contributed by atoms with Gasteiger partial charge in [-0.3, -0.25) is 4.90 Å². The van der Waals surface area contributed by atoms with Crippen molar-refractivity contribution in [3.05, 3.63) is 54.0 Å². The molecule has 6 nitrogen and oxygen atoms in total. The minimum Gasteiger partial charge on any atom is -0.350 e. The number of hydrogen-bond donors (Lipinski definition) is 0. The smallest absolute Gasteiger partial charge is 0.183 e. The molecule has 0 amide bonds. The lowest BCUT2D eigenvalue weighted by atomic mass is 10.1. The Hall–Kier alpha value is -2.96. The van der Waals surface area contributed by atoms with Crippen LogP contribution in [0.1, 0.15) is 11.3 Å². The van der Waals surface area contributed by atoms with Gasteiger partial charge in [-0.25, -0.2) is 9.97 Å². The van der Waals surface area contributed by atoms with E-state index in [0.29, 0.717) is 18.1 Å². The predicted octanol–water partition coefficient (Wildman–Crippen LogP) is 1.56. The van der Waals surface area contributed by atoms with Gasteiger partial charge in [0.1, 0.15) is 12.1 Å². The molecule has 1 aromatic heterocycles. The lowest BCUT2D eigenvalue weighted by Crippen LogP contribution is -2.52. The fourth-order valence-electron chi connectivity index (χ4n) is 2.78. The fourth-order valence-corrected chi connectivity index (χ4v) is 2.78. The van der Waals surface area contributed by atoms with Gasteiger partial charge in [-0.05, 0) is 5.56 Å². The van der Waals surface area contributed by atoms with Crippen LogP contribution in [0.4, 0.5) is 5.82 Å². The molecule has 2 aromatic rings. The normalized spacial score (nSPS) is 18.2. The number of anilines is 1. The number of hydrogen-bond acceptors (Lipinski definition) is 6. The first-order chi connectivity index (χ1) is 11.3. The molecule has 1 aromatic carbocycles. The van der Waals surface area contributed by atoms with Gasteiger partial charge >= 0.3 is 0 Å². The van der Waals surface area contributed by atoms with Crippen LogP contribution in [0.5, 0.6) is 0 Å². The van der Waals surface area contributed by atoms with Gasteiger partial charge < -0.3 is 4.90 Å². The third-order valence-corrected chi connectivity index (χ3v) is 3.95. The molecular weight excluding hydrogens is 288 g/mol. The van der Waals surface area contributed by atoms with Gasteiger partial charge in [0.15, 0.2) is 11.5 Å². The Morgan fingerprint density at radius 3 is 2.61 bits per heavy atom. The van der Waals surface area contributed by atoms with Crippen LogP contribution < -0.4 is 4.90 Å². The highest BCUT2D eigenvalue weighted by molar-refractivity contribution is 5.50. The summed E-state index contributed by atoms with van der Waals surface area (Å²) in [5, 5.41) is 18.7.